The van der Waals surface area contributed by atoms with Gasteiger partial charge in [-0.3, -0.25) is 4.79 Å². The highest BCUT2D eigenvalue weighted by molar-refractivity contribution is 5.92. The second kappa shape index (κ2) is 13.4. The van der Waals surface area contributed by atoms with Crippen LogP contribution in [0.4, 0.5) is 4.39 Å². The molecular formula is C34H52FNO. The van der Waals surface area contributed by atoms with Crippen LogP contribution in [0.15, 0.2) is 30.4 Å². The molecule has 37 heavy (non-hydrogen) atoms. The number of unbranched alkanes of at least 4 members (excludes halogenated alkanes) is 2. The first-order valence-electron chi connectivity index (χ1n) is 15.6. The van der Waals surface area contributed by atoms with Gasteiger partial charge in [0.15, 0.2) is 0 Å². The summed E-state index contributed by atoms with van der Waals surface area (Å²) >= 11 is 0. The van der Waals surface area contributed by atoms with Crippen LogP contribution in [-0.2, 0) is 4.79 Å². The highest BCUT2D eigenvalue weighted by Gasteiger charge is 2.32. The molecule has 3 aliphatic rings. The number of hydrogen-bond donors (Lipinski definition) is 0. The van der Waals surface area contributed by atoms with Crippen LogP contribution in [0.2, 0.25) is 0 Å². The molecule has 2 nitrogen and oxygen atoms in total. The lowest BCUT2D eigenvalue weighted by Gasteiger charge is -2.38. The minimum atomic E-state index is -0.00386. The van der Waals surface area contributed by atoms with Crippen LogP contribution in [0.25, 0.3) is 0 Å². The van der Waals surface area contributed by atoms with Gasteiger partial charge in [-0.15, -0.1) is 0 Å². The highest BCUT2D eigenvalue weighted by Crippen LogP contribution is 2.45. The van der Waals surface area contributed by atoms with E-state index in [4.69, 9.17) is 0 Å². The lowest BCUT2D eigenvalue weighted by Crippen LogP contribution is -2.39. The van der Waals surface area contributed by atoms with Crippen molar-refractivity contribution in [2.75, 3.05) is 7.05 Å². The van der Waals surface area contributed by atoms with Gasteiger partial charge in [-0.1, -0.05) is 64.2 Å². The van der Waals surface area contributed by atoms with E-state index in [0.29, 0.717) is 11.5 Å². The minimum Gasteiger partial charge on any atom is -0.339 e. The summed E-state index contributed by atoms with van der Waals surface area (Å²) in [5.41, 5.74) is 2.70. The average molecular weight is 510 g/mol. The molecule has 0 saturated heterocycles. The molecule has 1 aromatic carbocycles. The first-order valence-corrected chi connectivity index (χ1v) is 15.6. The van der Waals surface area contributed by atoms with Crippen LogP contribution in [0.5, 0.6) is 0 Å². The van der Waals surface area contributed by atoms with Crippen molar-refractivity contribution in [3.63, 3.8) is 0 Å². The SMILES string of the molecule is C=C(C)C(=O)N(C)C1CCC(c2ccc(C3CCC(C4CCC(CCCCC)CC4)CC3)cc2F)CC1. The Morgan fingerprint density at radius 2 is 1.49 bits per heavy atom. The summed E-state index contributed by atoms with van der Waals surface area (Å²) in [5.74, 6) is 3.67. The molecule has 3 aliphatic carbocycles. The summed E-state index contributed by atoms with van der Waals surface area (Å²) in [5, 5.41) is 0. The zero-order chi connectivity index (χ0) is 26.4. The van der Waals surface area contributed by atoms with E-state index in [-0.39, 0.29) is 23.7 Å². The van der Waals surface area contributed by atoms with E-state index in [9.17, 15) is 4.79 Å². The smallest absolute Gasteiger partial charge is 0.248 e. The fraction of sp³-hybridized carbons (Fsp3) is 0.735. The standard InChI is InChI=1S/C34H52FNO/c1-5-6-7-8-25-9-11-26(12-10-25)27-13-15-28(16-14-27)30-19-22-32(33(35)23-30)29-17-20-31(21-18-29)36(4)34(37)24(2)3/h19,22-23,25-29,31H,2,5-18,20-21H2,1,3-4H3. The summed E-state index contributed by atoms with van der Waals surface area (Å²) in [6.45, 7) is 7.87. The van der Waals surface area contributed by atoms with Gasteiger partial charge in [0.2, 0.25) is 5.91 Å². The second-order valence-electron chi connectivity index (χ2n) is 12.9. The topological polar surface area (TPSA) is 20.3 Å². The summed E-state index contributed by atoms with van der Waals surface area (Å²) in [7, 11) is 1.88. The van der Waals surface area contributed by atoms with Crippen LogP contribution in [0.3, 0.4) is 0 Å². The van der Waals surface area contributed by atoms with Gasteiger partial charge in [-0.05, 0) is 118 Å². The van der Waals surface area contributed by atoms with Gasteiger partial charge in [-0.25, -0.2) is 4.39 Å². The van der Waals surface area contributed by atoms with Crippen molar-refractivity contribution in [1.29, 1.82) is 0 Å². The van der Waals surface area contributed by atoms with Crippen molar-refractivity contribution in [2.45, 2.75) is 134 Å². The number of benzene rings is 1. The number of hydrogen-bond acceptors (Lipinski definition) is 1. The number of likely N-dealkylation sites (N-methyl/N-ethyl adjacent to an activating group) is 1. The van der Waals surface area contributed by atoms with Crippen molar-refractivity contribution in [3.8, 4) is 0 Å². The molecule has 0 unspecified atom stereocenters. The first-order chi connectivity index (χ1) is 17.9. The molecule has 3 fully saturated rings. The molecule has 0 heterocycles. The van der Waals surface area contributed by atoms with E-state index < -0.39 is 0 Å². The lowest BCUT2D eigenvalue weighted by atomic mass is 9.68. The normalized spacial score (nSPS) is 30.6. The Labute approximate surface area is 226 Å². The molecule has 0 atom stereocenters. The number of carbonyl (C=O) groups excluding carboxylic acids is 1. The van der Waals surface area contributed by atoms with Gasteiger partial charge >= 0.3 is 0 Å². The van der Waals surface area contributed by atoms with Gasteiger partial charge in [0.05, 0.1) is 0 Å². The lowest BCUT2D eigenvalue weighted by molar-refractivity contribution is -0.128. The van der Waals surface area contributed by atoms with E-state index in [2.05, 4.69) is 25.6 Å². The number of rotatable bonds is 9. The fourth-order valence-electron chi connectivity index (χ4n) is 7.92. The molecular weight excluding hydrogens is 457 g/mol. The monoisotopic (exact) mass is 509 g/mol. The summed E-state index contributed by atoms with van der Waals surface area (Å²) in [4.78, 5) is 14.1. The molecule has 0 aliphatic heterocycles. The predicted octanol–water partition coefficient (Wildman–Crippen LogP) is 9.55. The molecule has 0 aromatic heterocycles. The average Bonchev–Trinajstić information content (AvgIpc) is 2.93. The van der Waals surface area contributed by atoms with E-state index in [1.165, 1.54) is 82.6 Å². The van der Waals surface area contributed by atoms with Gasteiger partial charge in [0.25, 0.3) is 0 Å². The Kier molecular flexibility index (Phi) is 10.3. The Morgan fingerprint density at radius 1 is 0.892 bits per heavy atom. The Bertz CT molecular complexity index is 885. The number of nitrogens with zero attached hydrogens (tertiary/aromatic N) is 1. The van der Waals surface area contributed by atoms with Crippen LogP contribution in [0.1, 0.15) is 140 Å². The van der Waals surface area contributed by atoms with E-state index in [0.717, 1.165) is 49.0 Å². The van der Waals surface area contributed by atoms with Crippen LogP contribution >= 0.6 is 0 Å². The molecule has 4 rings (SSSR count). The zero-order valence-electron chi connectivity index (χ0n) is 24.0. The predicted molar refractivity (Wildman–Crippen MR) is 153 cm³/mol. The molecule has 0 radical (unpaired) electrons. The number of amides is 1. The van der Waals surface area contributed by atoms with Crippen molar-refractivity contribution >= 4 is 5.91 Å². The Balaban J connectivity index is 1.23. The van der Waals surface area contributed by atoms with Gasteiger partial charge in [0, 0.05) is 18.7 Å². The van der Waals surface area contributed by atoms with Crippen molar-refractivity contribution < 1.29 is 9.18 Å². The molecule has 0 N–H and O–H groups in total. The molecule has 0 spiro atoms. The fourth-order valence-corrected chi connectivity index (χ4v) is 7.92. The zero-order valence-corrected chi connectivity index (χ0v) is 24.0. The first kappa shape index (κ1) is 28.4. The van der Waals surface area contributed by atoms with E-state index in [1.54, 1.807) is 6.92 Å². The molecule has 3 heteroatoms. The van der Waals surface area contributed by atoms with Crippen LogP contribution in [-0.4, -0.2) is 23.9 Å². The van der Waals surface area contributed by atoms with Crippen LogP contribution < -0.4 is 0 Å². The van der Waals surface area contributed by atoms with Crippen molar-refractivity contribution in [2.24, 2.45) is 17.8 Å². The highest BCUT2D eigenvalue weighted by atomic mass is 19.1. The quantitative estimate of drug-likeness (QED) is 0.240. The number of halogens is 1. The third-order valence-corrected chi connectivity index (χ3v) is 10.4. The van der Waals surface area contributed by atoms with Gasteiger partial charge < -0.3 is 4.90 Å². The third-order valence-electron chi connectivity index (χ3n) is 10.4. The molecule has 3 saturated carbocycles. The van der Waals surface area contributed by atoms with Gasteiger partial charge in [0.1, 0.15) is 5.82 Å². The Hall–Kier alpha value is -1.64. The molecule has 206 valence electrons. The molecule has 0 bridgehead atoms. The minimum absolute atomic E-state index is 0.00386. The second-order valence-corrected chi connectivity index (χ2v) is 12.9. The van der Waals surface area contributed by atoms with Gasteiger partial charge in [-0.2, -0.15) is 0 Å². The maximum absolute atomic E-state index is 15.3. The van der Waals surface area contributed by atoms with E-state index >= 15 is 4.39 Å². The summed E-state index contributed by atoms with van der Waals surface area (Å²) in [6, 6.07) is 6.43. The maximum atomic E-state index is 15.3. The number of carbonyl (C=O) groups is 1. The van der Waals surface area contributed by atoms with E-state index in [1.807, 2.05) is 18.0 Å². The summed E-state index contributed by atoms with van der Waals surface area (Å²) in [6.07, 6.45) is 20.4. The van der Waals surface area contributed by atoms with Crippen molar-refractivity contribution in [1.82, 2.24) is 4.90 Å². The third kappa shape index (κ3) is 7.27. The molecule has 1 amide bonds. The summed E-state index contributed by atoms with van der Waals surface area (Å²) < 4.78 is 15.3. The maximum Gasteiger partial charge on any atom is 0.248 e. The van der Waals surface area contributed by atoms with Crippen LogP contribution in [0, 0.1) is 23.6 Å². The Morgan fingerprint density at radius 3 is 2.05 bits per heavy atom. The largest absolute Gasteiger partial charge is 0.339 e. The van der Waals surface area contributed by atoms with Crippen molar-refractivity contribution in [3.05, 3.63) is 47.3 Å². The molecule has 1 aromatic rings.